The molecule has 0 atom stereocenters. The summed E-state index contributed by atoms with van der Waals surface area (Å²) in [6.45, 7) is 3.44. The summed E-state index contributed by atoms with van der Waals surface area (Å²) < 4.78 is 26.8. The van der Waals surface area contributed by atoms with Crippen molar-refractivity contribution < 1.29 is 18.4 Å². The predicted molar refractivity (Wildman–Crippen MR) is 106 cm³/mol. The number of rotatable bonds is 7. The third kappa shape index (κ3) is 5.84. The minimum atomic E-state index is -1.06. The van der Waals surface area contributed by atoms with Crippen molar-refractivity contribution >= 4 is 11.8 Å². The first kappa shape index (κ1) is 20.9. The van der Waals surface area contributed by atoms with Crippen molar-refractivity contribution in [2.75, 3.05) is 39.3 Å². The zero-order valence-corrected chi connectivity index (χ0v) is 16.2. The summed E-state index contributed by atoms with van der Waals surface area (Å²) in [4.78, 5) is 28.7. The maximum Gasteiger partial charge on any atom is 0.253 e. The van der Waals surface area contributed by atoms with Gasteiger partial charge in [-0.05, 0) is 30.2 Å². The molecule has 154 valence electrons. The molecule has 1 saturated heterocycles. The normalized spacial score (nSPS) is 13.9. The molecule has 1 heterocycles. The van der Waals surface area contributed by atoms with Crippen molar-refractivity contribution in [2.24, 2.45) is 0 Å². The van der Waals surface area contributed by atoms with Gasteiger partial charge in [-0.1, -0.05) is 30.3 Å². The largest absolute Gasteiger partial charge is 0.340 e. The van der Waals surface area contributed by atoms with Gasteiger partial charge in [0.2, 0.25) is 5.91 Å². The molecule has 29 heavy (non-hydrogen) atoms. The van der Waals surface area contributed by atoms with E-state index in [0.29, 0.717) is 26.1 Å². The second-order valence-corrected chi connectivity index (χ2v) is 7.04. The second kappa shape index (κ2) is 10.1. The van der Waals surface area contributed by atoms with Gasteiger partial charge in [-0.3, -0.25) is 9.59 Å². The zero-order chi connectivity index (χ0) is 20.6. The monoisotopic (exact) mass is 401 g/mol. The number of hydrogen-bond donors (Lipinski definition) is 1. The Morgan fingerprint density at radius 2 is 1.69 bits per heavy atom. The average Bonchev–Trinajstić information content (AvgIpc) is 2.76. The lowest BCUT2D eigenvalue weighted by molar-refractivity contribution is -0.131. The Bertz CT molecular complexity index is 839. The fraction of sp³-hybridized carbons (Fsp3) is 0.364. The lowest BCUT2D eigenvalue weighted by atomic mass is 10.1. The van der Waals surface area contributed by atoms with Gasteiger partial charge in [-0.15, -0.1) is 0 Å². The van der Waals surface area contributed by atoms with Gasteiger partial charge in [0.25, 0.3) is 5.91 Å². The van der Waals surface area contributed by atoms with Gasteiger partial charge < -0.3 is 15.1 Å². The number of carbonyl (C=O) groups is 2. The summed E-state index contributed by atoms with van der Waals surface area (Å²) in [6, 6.07) is 12.8. The molecule has 0 spiro atoms. The van der Waals surface area contributed by atoms with Gasteiger partial charge in [0.15, 0.2) is 11.6 Å². The quantitative estimate of drug-likeness (QED) is 0.776. The van der Waals surface area contributed by atoms with Gasteiger partial charge in [0, 0.05) is 51.3 Å². The van der Waals surface area contributed by atoms with Crippen LogP contribution in [0.3, 0.4) is 0 Å². The van der Waals surface area contributed by atoms with Crippen LogP contribution < -0.4 is 5.32 Å². The molecule has 7 heteroatoms. The lowest BCUT2D eigenvalue weighted by Crippen LogP contribution is -2.47. The Kier molecular flexibility index (Phi) is 7.30. The minimum absolute atomic E-state index is 0.00528. The number of carbonyl (C=O) groups excluding carboxylic acids is 2. The van der Waals surface area contributed by atoms with E-state index in [1.165, 1.54) is 6.07 Å². The van der Waals surface area contributed by atoms with Gasteiger partial charge in [-0.2, -0.15) is 0 Å². The number of piperazine rings is 1. The van der Waals surface area contributed by atoms with Crippen LogP contribution in [-0.4, -0.2) is 60.9 Å². The molecule has 5 nitrogen and oxygen atoms in total. The molecule has 2 aromatic carbocycles. The molecule has 0 unspecified atom stereocenters. The molecule has 0 aromatic heterocycles. The Hall–Kier alpha value is -2.80. The van der Waals surface area contributed by atoms with Gasteiger partial charge >= 0.3 is 0 Å². The van der Waals surface area contributed by atoms with Crippen molar-refractivity contribution in [3.63, 3.8) is 0 Å². The Labute approximate surface area is 169 Å². The van der Waals surface area contributed by atoms with Crippen LogP contribution in [-0.2, 0) is 11.2 Å². The summed E-state index contributed by atoms with van der Waals surface area (Å²) in [5.74, 6) is -2.47. The van der Waals surface area contributed by atoms with E-state index in [9.17, 15) is 18.4 Å². The molecule has 1 N–H and O–H groups in total. The first-order valence-corrected chi connectivity index (χ1v) is 9.81. The van der Waals surface area contributed by atoms with Gasteiger partial charge in [0.1, 0.15) is 0 Å². The van der Waals surface area contributed by atoms with E-state index in [1.807, 2.05) is 30.3 Å². The van der Waals surface area contributed by atoms with Crippen LogP contribution >= 0.6 is 0 Å². The minimum Gasteiger partial charge on any atom is -0.340 e. The summed E-state index contributed by atoms with van der Waals surface area (Å²) in [5, 5.41) is 3.20. The van der Waals surface area contributed by atoms with Crippen LogP contribution in [0.25, 0.3) is 0 Å². The smallest absolute Gasteiger partial charge is 0.253 e. The fourth-order valence-electron chi connectivity index (χ4n) is 3.34. The third-order valence-electron chi connectivity index (χ3n) is 5.03. The predicted octanol–water partition coefficient (Wildman–Crippen LogP) is 2.47. The highest BCUT2D eigenvalue weighted by molar-refractivity contribution is 5.94. The van der Waals surface area contributed by atoms with Gasteiger partial charge in [-0.25, -0.2) is 8.78 Å². The van der Waals surface area contributed by atoms with Crippen molar-refractivity contribution in [3.8, 4) is 0 Å². The van der Waals surface area contributed by atoms with Crippen molar-refractivity contribution in [1.82, 2.24) is 15.1 Å². The molecule has 0 aliphatic carbocycles. The highest BCUT2D eigenvalue weighted by atomic mass is 19.2. The first-order valence-electron chi connectivity index (χ1n) is 9.81. The molecule has 0 saturated carbocycles. The Morgan fingerprint density at radius 3 is 2.38 bits per heavy atom. The maximum atomic E-state index is 13.6. The molecule has 2 amide bonds. The van der Waals surface area contributed by atoms with E-state index in [-0.39, 0.29) is 24.4 Å². The zero-order valence-electron chi connectivity index (χ0n) is 16.2. The SMILES string of the molecule is O=C(CCN(CCc1ccccc1)C(=O)c1ccc(F)c(F)c1)N1CCNCC1. The Morgan fingerprint density at radius 1 is 0.966 bits per heavy atom. The summed E-state index contributed by atoms with van der Waals surface area (Å²) in [6.07, 6.45) is 0.808. The summed E-state index contributed by atoms with van der Waals surface area (Å²) in [5.41, 5.74) is 1.13. The molecule has 1 aliphatic rings. The van der Waals surface area contributed by atoms with Crippen molar-refractivity contribution in [1.29, 1.82) is 0 Å². The number of nitrogens with one attached hydrogen (secondary N) is 1. The van der Waals surface area contributed by atoms with Crippen LogP contribution in [0.1, 0.15) is 22.3 Å². The number of nitrogens with zero attached hydrogens (tertiary/aromatic N) is 2. The molecular weight excluding hydrogens is 376 g/mol. The average molecular weight is 401 g/mol. The Balaban J connectivity index is 1.68. The summed E-state index contributed by atoms with van der Waals surface area (Å²) >= 11 is 0. The van der Waals surface area contributed by atoms with Crippen LogP contribution in [0.5, 0.6) is 0 Å². The molecule has 1 fully saturated rings. The first-order chi connectivity index (χ1) is 14.0. The highest BCUT2D eigenvalue weighted by Crippen LogP contribution is 2.13. The molecule has 0 radical (unpaired) electrons. The molecular formula is C22H25F2N3O2. The molecule has 2 aromatic rings. The highest BCUT2D eigenvalue weighted by Gasteiger charge is 2.21. The van der Waals surface area contributed by atoms with Crippen molar-refractivity contribution in [2.45, 2.75) is 12.8 Å². The van der Waals surface area contributed by atoms with E-state index in [1.54, 1.807) is 9.80 Å². The van der Waals surface area contributed by atoms with E-state index in [0.717, 1.165) is 30.8 Å². The van der Waals surface area contributed by atoms with E-state index >= 15 is 0 Å². The number of benzene rings is 2. The maximum absolute atomic E-state index is 13.6. The standard InChI is InChI=1S/C22H25F2N3O2/c23-19-7-6-18(16-20(19)24)22(29)27(12-8-17-4-2-1-3-5-17)13-9-21(28)26-14-10-25-11-15-26/h1-7,16,25H,8-15H2. The molecule has 1 aliphatic heterocycles. The van der Waals surface area contributed by atoms with Crippen LogP contribution in [0.15, 0.2) is 48.5 Å². The third-order valence-corrected chi connectivity index (χ3v) is 5.03. The molecule has 3 rings (SSSR count). The fourth-order valence-corrected chi connectivity index (χ4v) is 3.34. The van der Waals surface area contributed by atoms with E-state index < -0.39 is 17.5 Å². The topological polar surface area (TPSA) is 52.7 Å². The van der Waals surface area contributed by atoms with Gasteiger partial charge in [0.05, 0.1) is 0 Å². The van der Waals surface area contributed by atoms with E-state index in [2.05, 4.69) is 5.32 Å². The van der Waals surface area contributed by atoms with Crippen LogP contribution in [0, 0.1) is 11.6 Å². The lowest BCUT2D eigenvalue weighted by Gasteiger charge is -2.29. The number of halogens is 2. The van der Waals surface area contributed by atoms with E-state index in [4.69, 9.17) is 0 Å². The van der Waals surface area contributed by atoms with Crippen molar-refractivity contribution in [3.05, 3.63) is 71.3 Å². The second-order valence-electron chi connectivity index (χ2n) is 7.04. The van der Waals surface area contributed by atoms with Crippen LogP contribution in [0.2, 0.25) is 0 Å². The van der Waals surface area contributed by atoms with Crippen LogP contribution in [0.4, 0.5) is 8.78 Å². The molecule has 0 bridgehead atoms. The number of amides is 2. The number of hydrogen-bond acceptors (Lipinski definition) is 3. The summed E-state index contributed by atoms with van der Waals surface area (Å²) in [7, 11) is 0.